The van der Waals surface area contributed by atoms with Crippen LogP contribution in [0.3, 0.4) is 0 Å². The van der Waals surface area contributed by atoms with Gasteiger partial charge in [0.15, 0.2) is 16.6 Å². The molecule has 0 aliphatic carbocycles. The first kappa shape index (κ1) is 24.0. The number of nitrogens with one attached hydrogen (secondary N) is 1. The van der Waals surface area contributed by atoms with Crippen LogP contribution in [0.4, 0.5) is 5.13 Å². The molecule has 0 fully saturated rings. The number of para-hydroxylation sites is 1. The van der Waals surface area contributed by atoms with Crippen molar-refractivity contribution in [1.82, 2.24) is 4.98 Å². The lowest BCUT2D eigenvalue weighted by molar-refractivity contribution is -0.111. The van der Waals surface area contributed by atoms with Crippen molar-refractivity contribution in [2.45, 2.75) is 13.5 Å². The highest BCUT2D eigenvalue weighted by molar-refractivity contribution is 7.14. The number of amides is 1. The molecule has 3 aromatic carbocycles. The van der Waals surface area contributed by atoms with Gasteiger partial charge in [-0.05, 0) is 54.0 Å². The van der Waals surface area contributed by atoms with Crippen LogP contribution in [0.1, 0.15) is 16.7 Å². The lowest BCUT2D eigenvalue weighted by atomic mass is 10.1. The Balaban J connectivity index is 1.39. The van der Waals surface area contributed by atoms with Crippen molar-refractivity contribution in [3.63, 3.8) is 0 Å². The molecule has 0 spiro atoms. The van der Waals surface area contributed by atoms with E-state index >= 15 is 0 Å². The summed E-state index contributed by atoms with van der Waals surface area (Å²) >= 11 is 1.36. The van der Waals surface area contributed by atoms with E-state index in [9.17, 15) is 4.79 Å². The molecule has 6 nitrogen and oxygen atoms in total. The molecule has 35 heavy (non-hydrogen) atoms. The molecule has 0 saturated carbocycles. The number of thiazole rings is 1. The van der Waals surface area contributed by atoms with Gasteiger partial charge in [-0.2, -0.15) is 0 Å². The van der Waals surface area contributed by atoms with Crippen LogP contribution in [0, 0.1) is 6.92 Å². The SMILES string of the molecule is COc1cc(/C=C/C(=O)Nc2nc(-c3ccccc3OC)cs2)ccc1OCc1ccccc1C. The number of hydrogen-bond donors (Lipinski definition) is 1. The van der Waals surface area contributed by atoms with Crippen molar-refractivity contribution in [3.05, 3.63) is 94.9 Å². The van der Waals surface area contributed by atoms with Gasteiger partial charge in [0.05, 0.1) is 19.9 Å². The fourth-order valence-electron chi connectivity index (χ4n) is 3.46. The highest BCUT2D eigenvalue weighted by Crippen LogP contribution is 2.32. The Morgan fingerprint density at radius 1 is 0.971 bits per heavy atom. The lowest BCUT2D eigenvalue weighted by Gasteiger charge is -2.12. The predicted octanol–water partition coefficient (Wildman–Crippen LogP) is 6.37. The largest absolute Gasteiger partial charge is 0.496 e. The van der Waals surface area contributed by atoms with E-state index in [4.69, 9.17) is 14.2 Å². The first-order valence-corrected chi connectivity index (χ1v) is 11.9. The lowest BCUT2D eigenvalue weighted by Crippen LogP contribution is -2.07. The summed E-state index contributed by atoms with van der Waals surface area (Å²) in [5.41, 5.74) is 4.73. The molecule has 1 amide bonds. The van der Waals surface area contributed by atoms with Crippen LogP contribution in [0.15, 0.2) is 78.2 Å². The fourth-order valence-corrected chi connectivity index (χ4v) is 4.18. The number of carbonyl (C=O) groups is 1. The van der Waals surface area contributed by atoms with Gasteiger partial charge in [-0.3, -0.25) is 10.1 Å². The number of ether oxygens (including phenoxy) is 3. The molecule has 4 aromatic rings. The average molecular weight is 487 g/mol. The molecule has 0 bridgehead atoms. The highest BCUT2D eigenvalue weighted by Gasteiger charge is 2.11. The van der Waals surface area contributed by atoms with E-state index in [-0.39, 0.29) is 5.91 Å². The summed E-state index contributed by atoms with van der Waals surface area (Å²) in [7, 11) is 3.22. The van der Waals surface area contributed by atoms with E-state index in [2.05, 4.69) is 23.3 Å². The van der Waals surface area contributed by atoms with Crippen LogP contribution in [0.5, 0.6) is 17.2 Å². The van der Waals surface area contributed by atoms with Crippen LogP contribution in [0.25, 0.3) is 17.3 Å². The van der Waals surface area contributed by atoms with Crippen molar-refractivity contribution in [2.24, 2.45) is 0 Å². The minimum Gasteiger partial charge on any atom is -0.496 e. The third-order valence-corrected chi connectivity index (χ3v) is 6.13. The molecule has 178 valence electrons. The van der Waals surface area contributed by atoms with E-state index in [0.29, 0.717) is 23.2 Å². The van der Waals surface area contributed by atoms with Crippen LogP contribution < -0.4 is 19.5 Å². The van der Waals surface area contributed by atoms with Crippen molar-refractivity contribution in [2.75, 3.05) is 19.5 Å². The van der Waals surface area contributed by atoms with Crippen LogP contribution >= 0.6 is 11.3 Å². The molecule has 0 atom stereocenters. The monoisotopic (exact) mass is 486 g/mol. The molecule has 0 aliphatic heterocycles. The van der Waals surface area contributed by atoms with E-state index < -0.39 is 0 Å². The number of aromatic nitrogens is 1. The maximum absolute atomic E-state index is 12.5. The molecule has 7 heteroatoms. The van der Waals surface area contributed by atoms with Gasteiger partial charge in [-0.25, -0.2) is 4.98 Å². The molecule has 4 rings (SSSR count). The zero-order valence-electron chi connectivity index (χ0n) is 19.8. The Kier molecular flexibility index (Phi) is 7.80. The smallest absolute Gasteiger partial charge is 0.250 e. The number of anilines is 1. The Labute approximate surface area is 208 Å². The van der Waals surface area contributed by atoms with Crippen molar-refractivity contribution in [3.8, 4) is 28.5 Å². The van der Waals surface area contributed by atoms with Crippen LogP contribution in [-0.2, 0) is 11.4 Å². The Morgan fingerprint density at radius 3 is 2.54 bits per heavy atom. The van der Waals surface area contributed by atoms with Gasteiger partial charge in [0.25, 0.3) is 0 Å². The molecule has 1 N–H and O–H groups in total. The Hall–Kier alpha value is -4.10. The van der Waals surface area contributed by atoms with Crippen molar-refractivity contribution in [1.29, 1.82) is 0 Å². The fraction of sp³-hybridized carbons (Fsp3) is 0.143. The second-order valence-corrected chi connectivity index (χ2v) is 8.54. The summed E-state index contributed by atoms with van der Waals surface area (Å²) in [4.78, 5) is 17.0. The van der Waals surface area contributed by atoms with Gasteiger partial charge in [0.2, 0.25) is 5.91 Å². The van der Waals surface area contributed by atoms with Crippen LogP contribution in [0.2, 0.25) is 0 Å². The molecule has 1 aromatic heterocycles. The third-order valence-electron chi connectivity index (χ3n) is 5.38. The first-order valence-electron chi connectivity index (χ1n) is 11.0. The molecule has 0 saturated heterocycles. The van der Waals surface area contributed by atoms with Crippen LogP contribution in [-0.4, -0.2) is 25.1 Å². The number of benzene rings is 3. The number of nitrogens with zero attached hydrogens (tertiary/aromatic N) is 1. The van der Waals surface area contributed by atoms with Gasteiger partial charge in [0.1, 0.15) is 12.4 Å². The molecular weight excluding hydrogens is 460 g/mol. The van der Waals surface area contributed by atoms with Gasteiger partial charge < -0.3 is 14.2 Å². The minimum atomic E-state index is -0.273. The van der Waals surface area contributed by atoms with E-state index in [1.807, 2.05) is 66.0 Å². The highest BCUT2D eigenvalue weighted by atomic mass is 32.1. The summed E-state index contributed by atoms with van der Waals surface area (Å²) in [6.45, 7) is 2.51. The summed E-state index contributed by atoms with van der Waals surface area (Å²) in [6, 6.07) is 21.3. The quantitative estimate of drug-likeness (QED) is 0.279. The zero-order valence-corrected chi connectivity index (χ0v) is 20.6. The molecule has 0 radical (unpaired) electrons. The standard InChI is InChI=1S/C28H26N2O4S/c1-19-8-4-5-9-21(19)17-34-25-14-12-20(16-26(25)33-3)13-15-27(31)30-28-29-23(18-35-28)22-10-6-7-11-24(22)32-2/h4-16,18H,17H2,1-3H3,(H,29,30,31)/b15-13+. The first-order chi connectivity index (χ1) is 17.1. The topological polar surface area (TPSA) is 69.7 Å². The second-order valence-electron chi connectivity index (χ2n) is 7.69. The number of methoxy groups -OCH3 is 2. The van der Waals surface area contributed by atoms with E-state index in [1.54, 1.807) is 20.3 Å². The van der Waals surface area contributed by atoms with E-state index in [1.165, 1.54) is 23.0 Å². The minimum absolute atomic E-state index is 0.273. The van der Waals surface area contributed by atoms with Gasteiger partial charge in [-0.1, -0.05) is 42.5 Å². The zero-order chi connectivity index (χ0) is 24.6. The average Bonchev–Trinajstić information content (AvgIpc) is 3.35. The number of carbonyl (C=O) groups excluding carboxylic acids is 1. The summed E-state index contributed by atoms with van der Waals surface area (Å²) in [5, 5.41) is 5.21. The van der Waals surface area contributed by atoms with Gasteiger partial charge in [-0.15, -0.1) is 11.3 Å². The summed E-state index contributed by atoms with van der Waals surface area (Å²) in [5.74, 6) is 1.70. The normalized spacial score (nSPS) is 10.8. The maximum atomic E-state index is 12.5. The maximum Gasteiger partial charge on any atom is 0.250 e. The van der Waals surface area contributed by atoms with Gasteiger partial charge in [0, 0.05) is 17.0 Å². The molecule has 0 aliphatic rings. The number of aryl methyl sites for hydroxylation is 1. The van der Waals surface area contributed by atoms with E-state index in [0.717, 1.165) is 28.1 Å². The number of hydrogen-bond acceptors (Lipinski definition) is 6. The number of rotatable bonds is 9. The van der Waals surface area contributed by atoms with Crippen molar-refractivity contribution < 1.29 is 19.0 Å². The molecule has 1 heterocycles. The predicted molar refractivity (Wildman–Crippen MR) is 140 cm³/mol. The summed E-state index contributed by atoms with van der Waals surface area (Å²) < 4.78 is 16.9. The molecular formula is C28H26N2O4S. The van der Waals surface area contributed by atoms with Gasteiger partial charge >= 0.3 is 0 Å². The molecule has 0 unspecified atom stereocenters. The Morgan fingerprint density at radius 2 is 1.74 bits per heavy atom. The second kappa shape index (κ2) is 11.4. The third kappa shape index (κ3) is 6.07. The van der Waals surface area contributed by atoms with Crippen molar-refractivity contribution >= 4 is 28.5 Å². The summed E-state index contributed by atoms with van der Waals surface area (Å²) in [6.07, 6.45) is 3.19. The Bertz CT molecular complexity index is 1350.